The Morgan fingerprint density at radius 2 is 1.88 bits per heavy atom. The van der Waals surface area contributed by atoms with E-state index in [1.54, 1.807) is 17.5 Å². The van der Waals surface area contributed by atoms with Crippen LogP contribution >= 0.6 is 11.3 Å². The number of anilines is 2. The first-order valence-corrected chi connectivity index (χ1v) is 15.8. The number of carbonyl (C=O) groups excluding carboxylic acids is 5. The molecule has 0 radical (unpaired) electrons. The zero-order valence-corrected chi connectivity index (χ0v) is 26.6. The summed E-state index contributed by atoms with van der Waals surface area (Å²) < 4.78 is 8.27. The Labute approximate surface area is 277 Å². The number of rotatable bonds is 9. The van der Waals surface area contributed by atoms with Crippen molar-refractivity contribution in [1.29, 1.82) is 0 Å². The molecule has 2 aliphatic heterocycles. The highest BCUT2D eigenvalue weighted by Gasteiger charge is 2.45. The summed E-state index contributed by atoms with van der Waals surface area (Å²) in [4.78, 5) is 70.9. The number of ether oxygens (including phenoxy) is 1. The van der Waals surface area contributed by atoms with E-state index in [2.05, 4.69) is 45.2 Å². The number of fused-ring (bicyclic) bond motifs is 2. The van der Waals surface area contributed by atoms with Crippen LogP contribution in [0.4, 0.5) is 11.4 Å². The maximum absolute atomic E-state index is 13.3. The Morgan fingerprint density at radius 3 is 2.65 bits per heavy atom. The highest BCUT2D eigenvalue weighted by molar-refractivity contribution is 7.21. The molecule has 1 unspecified atom stereocenters. The van der Waals surface area contributed by atoms with Crippen molar-refractivity contribution in [2.75, 3.05) is 24.3 Å². The minimum atomic E-state index is -1.11. The van der Waals surface area contributed by atoms with Crippen LogP contribution in [0.25, 0.3) is 20.8 Å². The van der Waals surface area contributed by atoms with Gasteiger partial charge in [0, 0.05) is 31.8 Å². The van der Waals surface area contributed by atoms with E-state index >= 15 is 0 Å². The van der Waals surface area contributed by atoms with Gasteiger partial charge in [0.15, 0.2) is 0 Å². The lowest BCUT2D eigenvalue weighted by atomic mass is 10.0. The molecule has 4 heterocycles. The average molecular weight is 665 g/mol. The largest absolute Gasteiger partial charge is 0.487 e. The average Bonchev–Trinajstić information content (AvgIpc) is 3.77. The van der Waals surface area contributed by atoms with Gasteiger partial charge in [0.1, 0.15) is 35.6 Å². The molecule has 0 aliphatic carbocycles. The Morgan fingerprint density at radius 1 is 1.06 bits per heavy atom. The van der Waals surface area contributed by atoms with E-state index in [-0.39, 0.29) is 42.8 Å². The summed E-state index contributed by atoms with van der Waals surface area (Å²) in [6, 6.07) is 17.3. The van der Waals surface area contributed by atoms with Crippen LogP contribution < -0.4 is 20.3 Å². The van der Waals surface area contributed by atoms with Gasteiger partial charge in [-0.25, -0.2) is 9.67 Å². The number of nitrogens with one attached hydrogen (secondary N) is 2. The first-order valence-electron chi connectivity index (χ1n) is 15.0. The topological polar surface area (TPSA) is 169 Å². The van der Waals surface area contributed by atoms with Crippen molar-refractivity contribution in [3.8, 4) is 16.3 Å². The van der Waals surface area contributed by atoms with Crippen LogP contribution in [0.1, 0.15) is 39.3 Å². The predicted octanol–water partition coefficient (Wildman–Crippen LogP) is 3.24. The molecular weight excluding hydrogens is 636 g/mol. The van der Waals surface area contributed by atoms with E-state index in [0.717, 1.165) is 31.4 Å². The smallest absolute Gasteiger partial charge is 0.264 e. The highest BCUT2D eigenvalue weighted by Crippen LogP contribution is 2.34. The van der Waals surface area contributed by atoms with Gasteiger partial charge in [-0.3, -0.25) is 34.2 Å². The van der Waals surface area contributed by atoms with Crippen molar-refractivity contribution in [2.24, 2.45) is 0 Å². The van der Waals surface area contributed by atoms with Crippen LogP contribution in [0.5, 0.6) is 5.75 Å². The molecule has 48 heavy (non-hydrogen) atoms. The van der Waals surface area contributed by atoms with Gasteiger partial charge in [-0.05, 0) is 61.0 Å². The standard InChI is InChI=1S/C33H28N8O6S/c1-39(2)20-8-6-18(7-9-20)31-35-23-11-10-21(14-26(23)48-31)47-17-19-15-40(38-37-19)16-28(43)34-24-5-3-4-22-29(24)33(46)41(32(22)45)25-12-13-27(42)36-30(25)44/h3-11,14-15,25H,12-13,16-17H2,1-2H3,(H,34,43)(H,36,42,44). The quantitative estimate of drug-likeness (QED) is 0.223. The van der Waals surface area contributed by atoms with Gasteiger partial charge in [0.2, 0.25) is 17.7 Å². The Hall–Kier alpha value is -5.96. The fourth-order valence-electron chi connectivity index (χ4n) is 5.62. The molecule has 2 aliphatic rings. The summed E-state index contributed by atoms with van der Waals surface area (Å²) >= 11 is 1.57. The van der Waals surface area contributed by atoms with Gasteiger partial charge in [-0.15, -0.1) is 16.4 Å². The van der Waals surface area contributed by atoms with Crippen molar-refractivity contribution >= 4 is 62.5 Å². The van der Waals surface area contributed by atoms with Gasteiger partial charge in [0.25, 0.3) is 11.8 Å². The third-order valence-corrected chi connectivity index (χ3v) is 9.08. The van der Waals surface area contributed by atoms with Gasteiger partial charge >= 0.3 is 0 Å². The van der Waals surface area contributed by atoms with Crippen molar-refractivity contribution in [2.45, 2.75) is 32.0 Å². The maximum atomic E-state index is 13.3. The number of amides is 5. The number of nitrogens with zero attached hydrogens (tertiary/aromatic N) is 6. The molecule has 0 saturated carbocycles. The SMILES string of the molecule is CN(C)c1ccc(-c2nc3ccc(OCc4cn(CC(=O)Nc5cccc6c5C(=O)N(C5CCC(=O)NC5=O)C6=O)nn4)cc3s2)cc1. The molecule has 1 fully saturated rings. The number of hydrogen-bond acceptors (Lipinski definition) is 11. The van der Waals surface area contributed by atoms with E-state index in [1.807, 2.05) is 37.2 Å². The number of piperidine rings is 1. The van der Waals surface area contributed by atoms with E-state index < -0.39 is 35.6 Å². The second-order valence-electron chi connectivity index (χ2n) is 11.5. The van der Waals surface area contributed by atoms with Crippen LogP contribution in [0.3, 0.4) is 0 Å². The summed E-state index contributed by atoms with van der Waals surface area (Å²) in [7, 11) is 4.00. The third kappa shape index (κ3) is 5.86. The zero-order valence-electron chi connectivity index (χ0n) is 25.8. The minimum Gasteiger partial charge on any atom is -0.487 e. The molecular formula is C33H28N8O6S. The summed E-state index contributed by atoms with van der Waals surface area (Å²) in [5.41, 5.74) is 3.69. The maximum Gasteiger partial charge on any atom is 0.264 e. The fraction of sp³-hybridized carbons (Fsp3) is 0.212. The summed E-state index contributed by atoms with van der Waals surface area (Å²) in [6.07, 6.45) is 1.62. The molecule has 5 amide bonds. The first kappa shape index (κ1) is 30.7. The van der Waals surface area contributed by atoms with Crippen molar-refractivity contribution in [3.63, 3.8) is 0 Å². The van der Waals surface area contributed by atoms with Crippen LogP contribution in [0.15, 0.2) is 66.9 Å². The van der Waals surface area contributed by atoms with E-state index in [1.165, 1.54) is 22.9 Å². The Bertz CT molecular complexity index is 2120. The molecule has 7 rings (SSSR count). The second kappa shape index (κ2) is 12.3. The number of carbonyl (C=O) groups is 5. The molecule has 5 aromatic rings. The highest BCUT2D eigenvalue weighted by atomic mass is 32.1. The van der Waals surface area contributed by atoms with Crippen molar-refractivity contribution < 1.29 is 28.7 Å². The van der Waals surface area contributed by atoms with E-state index in [0.29, 0.717) is 11.4 Å². The summed E-state index contributed by atoms with van der Waals surface area (Å²) in [5, 5.41) is 13.9. The van der Waals surface area contributed by atoms with Crippen LogP contribution in [-0.2, 0) is 27.5 Å². The lowest BCUT2D eigenvalue weighted by molar-refractivity contribution is -0.136. The van der Waals surface area contributed by atoms with E-state index in [4.69, 9.17) is 9.72 Å². The van der Waals surface area contributed by atoms with Crippen LogP contribution in [0.2, 0.25) is 0 Å². The molecule has 1 saturated heterocycles. The molecule has 0 spiro atoms. The lowest BCUT2D eigenvalue weighted by Gasteiger charge is -2.27. The Kier molecular flexibility index (Phi) is 7.88. The van der Waals surface area contributed by atoms with E-state index in [9.17, 15) is 24.0 Å². The Balaban J connectivity index is 0.973. The monoisotopic (exact) mass is 664 g/mol. The molecule has 1 atom stereocenters. The normalized spacial score (nSPS) is 15.9. The van der Waals surface area contributed by atoms with Gasteiger partial charge < -0.3 is 15.0 Å². The van der Waals surface area contributed by atoms with Crippen LogP contribution in [0, 0.1) is 0 Å². The number of imide groups is 2. The molecule has 3 aromatic carbocycles. The number of hydrogen-bond donors (Lipinski definition) is 2. The zero-order chi connectivity index (χ0) is 33.5. The third-order valence-electron chi connectivity index (χ3n) is 8.01. The number of thiazole rings is 1. The molecule has 2 N–H and O–H groups in total. The molecule has 15 heteroatoms. The molecule has 0 bridgehead atoms. The second-order valence-corrected chi connectivity index (χ2v) is 12.5. The van der Waals surface area contributed by atoms with Crippen molar-refractivity contribution in [1.82, 2.24) is 30.2 Å². The molecule has 2 aromatic heterocycles. The molecule has 14 nitrogen and oxygen atoms in total. The summed E-state index contributed by atoms with van der Waals surface area (Å²) in [5.74, 6) is -2.42. The predicted molar refractivity (Wildman–Crippen MR) is 175 cm³/mol. The van der Waals surface area contributed by atoms with Gasteiger partial charge in [-0.2, -0.15) is 0 Å². The lowest BCUT2D eigenvalue weighted by Crippen LogP contribution is -2.54. The van der Waals surface area contributed by atoms with Gasteiger partial charge in [0.05, 0.1) is 33.2 Å². The summed E-state index contributed by atoms with van der Waals surface area (Å²) in [6.45, 7) is -0.107. The molecule has 242 valence electrons. The van der Waals surface area contributed by atoms with Crippen LogP contribution in [-0.4, -0.2) is 74.6 Å². The first-order chi connectivity index (χ1) is 23.1. The van der Waals surface area contributed by atoms with Gasteiger partial charge in [-0.1, -0.05) is 11.3 Å². The minimum absolute atomic E-state index is 0.00751. The number of aromatic nitrogens is 4. The van der Waals surface area contributed by atoms with Crippen molar-refractivity contribution in [3.05, 3.63) is 83.7 Å². The fourth-order valence-corrected chi connectivity index (χ4v) is 6.62. The number of benzene rings is 3.